The number of nitrogens with zero attached hydrogens (tertiary/aromatic N) is 1. The molecule has 0 aliphatic carbocycles. The molecule has 0 N–H and O–H groups in total. The van der Waals surface area contributed by atoms with E-state index in [0.717, 1.165) is 25.2 Å². The van der Waals surface area contributed by atoms with Gasteiger partial charge in [0, 0.05) is 21.3 Å². The minimum Gasteiger partial charge on any atom is -0.249 e. The maximum absolute atomic E-state index is 5.85. The van der Waals surface area contributed by atoms with Crippen molar-refractivity contribution in [1.82, 2.24) is 4.98 Å². The average Bonchev–Trinajstić information content (AvgIpc) is 2.33. The predicted molar refractivity (Wildman–Crippen MR) is 80.2 cm³/mol. The molecule has 0 spiro atoms. The molecule has 0 radical (unpaired) electrons. The molecular weight excluding hydrogens is 365 g/mol. The van der Waals surface area contributed by atoms with Gasteiger partial charge in [-0.15, -0.1) is 0 Å². The molecule has 1 heterocycles. The van der Waals surface area contributed by atoms with Crippen LogP contribution in [0.15, 0.2) is 47.2 Å². The summed E-state index contributed by atoms with van der Waals surface area (Å²) in [6, 6.07) is 11.6. The SMILES string of the molecule is Clc1ccc(/C(Br)=C/c2cccnc2Br)cc1. The standard InChI is InChI=1S/C13H8Br2ClN/c14-12(9-3-5-11(16)6-4-9)8-10-2-1-7-17-13(10)15/h1-8H/b12-8-. The highest BCUT2D eigenvalue weighted by Gasteiger charge is 2.01. The zero-order chi connectivity index (χ0) is 12.3. The highest BCUT2D eigenvalue weighted by molar-refractivity contribution is 9.15. The lowest BCUT2D eigenvalue weighted by atomic mass is 10.2. The molecule has 2 rings (SSSR count). The van der Waals surface area contributed by atoms with Crippen LogP contribution in [-0.2, 0) is 0 Å². The highest BCUT2D eigenvalue weighted by Crippen LogP contribution is 2.27. The van der Waals surface area contributed by atoms with E-state index in [1.54, 1.807) is 6.20 Å². The third-order valence-corrected chi connectivity index (χ3v) is 3.79. The Morgan fingerprint density at radius 3 is 2.53 bits per heavy atom. The van der Waals surface area contributed by atoms with E-state index in [1.807, 2.05) is 42.5 Å². The van der Waals surface area contributed by atoms with Crippen LogP contribution in [0.25, 0.3) is 10.6 Å². The summed E-state index contributed by atoms with van der Waals surface area (Å²) >= 11 is 12.8. The first kappa shape index (κ1) is 12.8. The van der Waals surface area contributed by atoms with Crippen molar-refractivity contribution in [1.29, 1.82) is 0 Å². The number of pyridine rings is 1. The van der Waals surface area contributed by atoms with Crippen molar-refractivity contribution in [2.45, 2.75) is 0 Å². The fraction of sp³-hybridized carbons (Fsp3) is 0. The van der Waals surface area contributed by atoms with Crippen molar-refractivity contribution in [3.63, 3.8) is 0 Å². The Morgan fingerprint density at radius 2 is 1.88 bits per heavy atom. The van der Waals surface area contributed by atoms with Gasteiger partial charge in [-0.25, -0.2) is 4.98 Å². The van der Waals surface area contributed by atoms with Crippen molar-refractivity contribution in [3.05, 3.63) is 63.3 Å². The number of hydrogen-bond acceptors (Lipinski definition) is 1. The van der Waals surface area contributed by atoms with Crippen molar-refractivity contribution in [2.24, 2.45) is 0 Å². The molecule has 1 nitrogen and oxygen atoms in total. The van der Waals surface area contributed by atoms with Crippen molar-refractivity contribution in [2.75, 3.05) is 0 Å². The Balaban J connectivity index is 2.34. The summed E-state index contributed by atoms with van der Waals surface area (Å²) in [5.74, 6) is 0. The summed E-state index contributed by atoms with van der Waals surface area (Å²) in [5, 5.41) is 0.733. The van der Waals surface area contributed by atoms with Crippen LogP contribution in [0, 0.1) is 0 Å². The summed E-state index contributed by atoms with van der Waals surface area (Å²) in [4.78, 5) is 4.17. The lowest BCUT2D eigenvalue weighted by Gasteiger charge is -2.01. The van der Waals surface area contributed by atoms with Crippen LogP contribution in [0.3, 0.4) is 0 Å². The summed E-state index contributed by atoms with van der Waals surface area (Å²) in [6.45, 7) is 0. The lowest BCUT2D eigenvalue weighted by molar-refractivity contribution is 1.26. The molecule has 2 aromatic rings. The van der Waals surface area contributed by atoms with Gasteiger partial charge in [0.25, 0.3) is 0 Å². The van der Waals surface area contributed by atoms with Crippen molar-refractivity contribution < 1.29 is 0 Å². The van der Waals surface area contributed by atoms with Crippen molar-refractivity contribution >= 4 is 54.0 Å². The first-order valence-electron chi connectivity index (χ1n) is 4.90. The maximum atomic E-state index is 5.85. The molecule has 0 atom stereocenters. The van der Waals surface area contributed by atoms with E-state index < -0.39 is 0 Å². The average molecular weight is 373 g/mol. The van der Waals surface area contributed by atoms with Gasteiger partial charge in [0.15, 0.2) is 0 Å². The molecular formula is C13H8Br2ClN. The Hall–Kier alpha value is -0.640. The van der Waals surface area contributed by atoms with E-state index in [0.29, 0.717) is 0 Å². The molecule has 0 bridgehead atoms. The molecule has 4 heteroatoms. The van der Waals surface area contributed by atoms with Crippen LogP contribution < -0.4 is 0 Å². The van der Waals surface area contributed by atoms with Gasteiger partial charge in [0.1, 0.15) is 4.60 Å². The number of benzene rings is 1. The Morgan fingerprint density at radius 1 is 1.18 bits per heavy atom. The molecule has 0 aliphatic rings. The van der Waals surface area contributed by atoms with E-state index in [4.69, 9.17) is 11.6 Å². The Labute approximate surface area is 122 Å². The van der Waals surface area contributed by atoms with E-state index in [1.165, 1.54) is 0 Å². The van der Waals surface area contributed by atoms with Crippen LogP contribution in [0.1, 0.15) is 11.1 Å². The third-order valence-electron chi connectivity index (χ3n) is 2.19. The van der Waals surface area contributed by atoms with Gasteiger partial charge in [0.05, 0.1) is 0 Å². The molecule has 0 unspecified atom stereocenters. The predicted octanol–water partition coefficient (Wildman–Crippen LogP) is 5.39. The summed E-state index contributed by atoms with van der Waals surface area (Å²) in [7, 11) is 0. The number of hydrogen-bond donors (Lipinski definition) is 0. The minimum absolute atomic E-state index is 0.733. The molecule has 17 heavy (non-hydrogen) atoms. The van der Waals surface area contributed by atoms with Gasteiger partial charge in [-0.05, 0) is 45.8 Å². The lowest BCUT2D eigenvalue weighted by Crippen LogP contribution is -1.81. The molecule has 0 fully saturated rings. The fourth-order valence-corrected chi connectivity index (χ4v) is 2.34. The molecule has 0 saturated heterocycles. The molecule has 0 amide bonds. The van der Waals surface area contributed by atoms with Crippen molar-refractivity contribution in [3.8, 4) is 0 Å². The molecule has 1 aromatic carbocycles. The van der Waals surface area contributed by atoms with Crippen LogP contribution >= 0.6 is 43.5 Å². The van der Waals surface area contributed by atoms with Gasteiger partial charge >= 0.3 is 0 Å². The van der Waals surface area contributed by atoms with Gasteiger partial charge < -0.3 is 0 Å². The normalized spacial score (nSPS) is 11.6. The Bertz CT molecular complexity index is 550. The van der Waals surface area contributed by atoms with E-state index >= 15 is 0 Å². The highest BCUT2D eigenvalue weighted by atomic mass is 79.9. The van der Waals surface area contributed by atoms with Crippen LogP contribution in [0.5, 0.6) is 0 Å². The van der Waals surface area contributed by atoms with Gasteiger partial charge in [0.2, 0.25) is 0 Å². The zero-order valence-electron chi connectivity index (χ0n) is 8.70. The quantitative estimate of drug-likeness (QED) is 0.643. The summed E-state index contributed by atoms with van der Waals surface area (Å²) in [6.07, 6.45) is 3.76. The number of halogens is 3. The van der Waals surface area contributed by atoms with Crippen LogP contribution in [0.4, 0.5) is 0 Å². The zero-order valence-corrected chi connectivity index (χ0v) is 12.6. The van der Waals surface area contributed by atoms with Gasteiger partial charge in [-0.3, -0.25) is 0 Å². The second-order valence-corrected chi connectivity index (χ2v) is 5.42. The smallest absolute Gasteiger partial charge is 0.113 e. The van der Waals surface area contributed by atoms with E-state index in [2.05, 4.69) is 36.8 Å². The van der Waals surface area contributed by atoms with Gasteiger partial charge in [-0.1, -0.05) is 45.7 Å². The second kappa shape index (κ2) is 5.80. The van der Waals surface area contributed by atoms with Gasteiger partial charge in [-0.2, -0.15) is 0 Å². The largest absolute Gasteiger partial charge is 0.249 e. The molecule has 86 valence electrons. The molecule has 1 aromatic heterocycles. The minimum atomic E-state index is 0.733. The van der Waals surface area contributed by atoms with Crippen LogP contribution in [-0.4, -0.2) is 4.98 Å². The number of rotatable bonds is 2. The first-order valence-corrected chi connectivity index (χ1v) is 6.87. The first-order chi connectivity index (χ1) is 8.16. The fourth-order valence-electron chi connectivity index (χ4n) is 1.34. The topological polar surface area (TPSA) is 12.9 Å². The number of aromatic nitrogens is 1. The second-order valence-electron chi connectivity index (χ2n) is 3.38. The monoisotopic (exact) mass is 371 g/mol. The van der Waals surface area contributed by atoms with E-state index in [9.17, 15) is 0 Å². The van der Waals surface area contributed by atoms with E-state index in [-0.39, 0.29) is 0 Å². The molecule has 0 saturated carbocycles. The van der Waals surface area contributed by atoms with Crippen LogP contribution in [0.2, 0.25) is 5.02 Å². The Kier molecular flexibility index (Phi) is 4.37. The maximum Gasteiger partial charge on any atom is 0.113 e. The summed E-state index contributed by atoms with van der Waals surface area (Å²) in [5.41, 5.74) is 2.10. The summed E-state index contributed by atoms with van der Waals surface area (Å²) < 4.78 is 1.81. The molecule has 0 aliphatic heterocycles. The third kappa shape index (κ3) is 3.41.